The van der Waals surface area contributed by atoms with Crippen LogP contribution in [-0.4, -0.2) is 65.4 Å². The molecule has 2 heterocycles. The minimum Gasteiger partial charge on any atom is -0.496 e. The maximum Gasteiger partial charge on any atom is 0.267 e. The molecule has 0 bridgehead atoms. The molecule has 1 aromatic carbocycles. The molecule has 0 saturated heterocycles. The molecule has 0 unspecified atom stereocenters. The maximum atomic E-state index is 12.9. The Morgan fingerprint density at radius 3 is 2.63 bits per heavy atom. The molecule has 0 fully saturated rings. The number of carbonyl (C=O) groups is 2. The molecule has 188 valence electrons. The first-order valence-electron chi connectivity index (χ1n) is 11.3. The highest BCUT2D eigenvalue weighted by Gasteiger charge is 2.17. The van der Waals surface area contributed by atoms with Crippen molar-refractivity contribution in [1.82, 2.24) is 19.7 Å². The average Bonchev–Trinajstić information content (AvgIpc) is 3.43. The van der Waals surface area contributed by atoms with Crippen LogP contribution in [0.25, 0.3) is 0 Å². The van der Waals surface area contributed by atoms with Gasteiger partial charge in [0.25, 0.3) is 5.91 Å². The summed E-state index contributed by atoms with van der Waals surface area (Å²) in [7, 11) is 3.21. The molecule has 0 radical (unpaired) electrons. The first-order chi connectivity index (χ1) is 16.8. The van der Waals surface area contributed by atoms with Crippen LogP contribution in [0, 0.1) is 20.8 Å². The number of nitrogens with one attached hydrogen (secondary N) is 2. The van der Waals surface area contributed by atoms with Crippen molar-refractivity contribution < 1.29 is 19.1 Å². The van der Waals surface area contributed by atoms with Crippen LogP contribution in [0.15, 0.2) is 24.5 Å². The molecule has 2 N–H and O–H groups in total. The fraction of sp³-hybridized carbons (Fsp3) is 0.417. The molecule has 11 heteroatoms. The molecule has 0 aliphatic heterocycles. The van der Waals surface area contributed by atoms with Gasteiger partial charge in [-0.3, -0.25) is 14.3 Å². The number of hydrogen-bond donors (Lipinski definition) is 2. The zero-order valence-corrected chi connectivity index (χ0v) is 21.8. The third-order valence-corrected chi connectivity index (χ3v) is 6.49. The predicted octanol–water partition coefficient (Wildman–Crippen LogP) is 3.76. The molecule has 10 nitrogen and oxygen atoms in total. The number of rotatable bonds is 11. The van der Waals surface area contributed by atoms with Crippen molar-refractivity contribution in [3.05, 3.63) is 46.1 Å². The number of methoxy groups -OCH3 is 2. The first-order valence-corrected chi connectivity index (χ1v) is 12.1. The number of amides is 2. The number of aryl methyl sites for hydroxylation is 2. The fourth-order valence-electron chi connectivity index (χ4n) is 3.58. The molecule has 35 heavy (non-hydrogen) atoms. The van der Waals surface area contributed by atoms with Crippen molar-refractivity contribution in [2.45, 2.75) is 34.2 Å². The Kier molecular flexibility index (Phi) is 8.83. The van der Waals surface area contributed by atoms with E-state index >= 15 is 0 Å². The number of anilines is 3. The predicted molar refractivity (Wildman–Crippen MR) is 137 cm³/mol. The van der Waals surface area contributed by atoms with Gasteiger partial charge in [-0.2, -0.15) is 5.10 Å². The Morgan fingerprint density at radius 1 is 1.17 bits per heavy atom. The number of carbonyl (C=O) groups excluding carboxylic acids is 2. The van der Waals surface area contributed by atoms with Crippen molar-refractivity contribution in [1.29, 1.82) is 0 Å². The van der Waals surface area contributed by atoms with Gasteiger partial charge < -0.3 is 25.0 Å². The molecule has 0 saturated carbocycles. The molecule has 0 aliphatic carbocycles. The van der Waals surface area contributed by atoms with Gasteiger partial charge in [-0.1, -0.05) is 17.4 Å². The van der Waals surface area contributed by atoms with E-state index in [1.807, 2.05) is 39.8 Å². The molecular weight excluding hydrogens is 468 g/mol. The van der Waals surface area contributed by atoms with E-state index in [0.29, 0.717) is 41.3 Å². The fourth-order valence-corrected chi connectivity index (χ4v) is 4.29. The van der Waals surface area contributed by atoms with Gasteiger partial charge in [-0.15, -0.1) is 0 Å². The number of thiazole rings is 1. The summed E-state index contributed by atoms with van der Waals surface area (Å²) in [5.74, 6) is 1.01. The van der Waals surface area contributed by atoms with Crippen LogP contribution >= 0.6 is 11.3 Å². The van der Waals surface area contributed by atoms with E-state index in [2.05, 4.69) is 20.7 Å². The Labute approximate surface area is 209 Å². The summed E-state index contributed by atoms with van der Waals surface area (Å²) < 4.78 is 12.0. The lowest BCUT2D eigenvalue weighted by Crippen LogP contribution is -2.36. The third-order valence-electron chi connectivity index (χ3n) is 5.58. The number of likely N-dealkylation sites (N-methyl/N-ethyl adjacent to an activating group) is 1. The zero-order valence-electron chi connectivity index (χ0n) is 21.0. The highest BCUT2D eigenvalue weighted by molar-refractivity contribution is 7.17. The molecular formula is C24H32N6O4S. The maximum absolute atomic E-state index is 12.9. The van der Waals surface area contributed by atoms with Crippen molar-refractivity contribution in [3.8, 4) is 5.75 Å². The van der Waals surface area contributed by atoms with Gasteiger partial charge in [0.2, 0.25) is 5.91 Å². The number of aromatic nitrogens is 3. The van der Waals surface area contributed by atoms with Crippen LogP contribution < -0.4 is 15.4 Å². The molecule has 3 rings (SSSR count). The van der Waals surface area contributed by atoms with E-state index in [4.69, 9.17) is 9.47 Å². The van der Waals surface area contributed by atoms with Gasteiger partial charge in [0.1, 0.15) is 17.2 Å². The summed E-state index contributed by atoms with van der Waals surface area (Å²) in [5, 5.41) is 11.1. The summed E-state index contributed by atoms with van der Waals surface area (Å²) >= 11 is 1.22. The molecule has 2 amide bonds. The summed E-state index contributed by atoms with van der Waals surface area (Å²) in [4.78, 5) is 31.9. The Hall–Kier alpha value is -3.44. The molecule has 3 aromatic rings. The normalized spacial score (nSPS) is 10.8. The van der Waals surface area contributed by atoms with Crippen molar-refractivity contribution >= 4 is 39.8 Å². The van der Waals surface area contributed by atoms with Gasteiger partial charge in [0.15, 0.2) is 10.9 Å². The quantitative estimate of drug-likeness (QED) is 0.412. The van der Waals surface area contributed by atoms with E-state index in [1.54, 1.807) is 30.0 Å². The topological polar surface area (TPSA) is 111 Å². The van der Waals surface area contributed by atoms with Crippen LogP contribution in [0.2, 0.25) is 0 Å². The largest absolute Gasteiger partial charge is 0.496 e. The molecule has 0 atom stereocenters. The van der Waals surface area contributed by atoms with E-state index in [0.717, 1.165) is 22.4 Å². The van der Waals surface area contributed by atoms with Crippen molar-refractivity contribution in [2.75, 3.05) is 44.5 Å². The van der Waals surface area contributed by atoms with Gasteiger partial charge in [0, 0.05) is 37.5 Å². The Balaban J connectivity index is 1.67. The van der Waals surface area contributed by atoms with E-state index in [9.17, 15) is 9.59 Å². The number of benzene rings is 1. The minimum atomic E-state index is -0.251. The standard InChI is InChI=1S/C24H32N6O4S/c1-7-29(10-11-33-5)20(31)14-30-13-16(3)22(28-30)27-24-25-12-19(35-24)23(32)26-21-15(2)8-9-18(34-6)17(21)4/h8-9,12-13H,7,10-11,14H2,1-6H3,(H,26,32)(H,25,27,28). The van der Waals surface area contributed by atoms with Gasteiger partial charge >= 0.3 is 0 Å². The number of nitrogens with zero attached hydrogens (tertiary/aromatic N) is 4. The second-order valence-corrected chi connectivity index (χ2v) is 9.05. The highest BCUT2D eigenvalue weighted by atomic mass is 32.1. The van der Waals surface area contributed by atoms with Crippen LogP contribution in [0.5, 0.6) is 5.75 Å². The second-order valence-electron chi connectivity index (χ2n) is 8.02. The monoisotopic (exact) mass is 500 g/mol. The SMILES string of the molecule is CCN(CCOC)C(=O)Cn1cc(C)c(Nc2ncc(C(=O)Nc3c(C)ccc(OC)c3C)s2)n1. The van der Waals surface area contributed by atoms with Crippen LogP contribution in [0.4, 0.5) is 16.6 Å². The Morgan fingerprint density at radius 2 is 1.94 bits per heavy atom. The smallest absolute Gasteiger partial charge is 0.267 e. The van der Waals surface area contributed by atoms with E-state index < -0.39 is 0 Å². The summed E-state index contributed by atoms with van der Waals surface area (Å²) in [6.45, 7) is 9.43. The second kappa shape index (κ2) is 11.8. The lowest BCUT2D eigenvalue weighted by Gasteiger charge is -2.20. The summed E-state index contributed by atoms with van der Waals surface area (Å²) in [6.07, 6.45) is 3.33. The van der Waals surface area contributed by atoms with Crippen LogP contribution in [-0.2, 0) is 16.1 Å². The van der Waals surface area contributed by atoms with E-state index in [1.165, 1.54) is 17.5 Å². The Bertz CT molecular complexity index is 1190. The highest BCUT2D eigenvalue weighted by Crippen LogP contribution is 2.30. The minimum absolute atomic E-state index is 0.0325. The van der Waals surface area contributed by atoms with Crippen molar-refractivity contribution in [3.63, 3.8) is 0 Å². The first kappa shape index (κ1) is 26.2. The molecule has 0 aliphatic rings. The number of ether oxygens (including phenoxy) is 2. The molecule has 0 spiro atoms. The van der Waals surface area contributed by atoms with Gasteiger partial charge in [-0.25, -0.2) is 4.98 Å². The molecule has 2 aromatic heterocycles. The zero-order chi connectivity index (χ0) is 25.5. The summed E-state index contributed by atoms with van der Waals surface area (Å²) in [5.41, 5.74) is 3.40. The average molecular weight is 501 g/mol. The van der Waals surface area contributed by atoms with Crippen LogP contribution in [0.1, 0.15) is 33.3 Å². The lowest BCUT2D eigenvalue weighted by molar-refractivity contribution is -0.132. The van der Waals surface area contributed by atoms with Gasteiger partial charge in [-0.05, 0) is 39.3 Å². The third kappa shape index (κ3) is 6.37. The van der Waals surface area contributed by atoms with Gasteiger partial charge in [0.05, 0.1) is 25.6 Å². The van der Waals surface area contributed by atoms with Crippen LogP contribution in [0.3, 0.4) is 0 Å². The lowest BCUT2D eigenvalue weighted by atomic mass is 10.1. The summed E-state index contributed by atoms with van der Waals surface area (Å²) in [6, 6.07) is 3.78. The number of hydrogen-bond acceptors (Lipinski definition) is 8. The van der Waals surface area contributed by atoms with Crippen molar-refractivity contribution in [2.24, 2.45) is 0 Å². The van der Waals surface area contributed by atoms with E-state index in [-0.39, 0.29) is 18.4 Å².